The summed E-state index contributed by atoms with van der Waals surface area (Å²) in [4.78, 5) is 15.3. The number of pyridine rings is 1. The minimum absolute atomic E-state index is 0.0357. The number of anilines is 1. The number of hydrogen-bond donors (Lipinski definition) is 2. The monoisotopic (exact) mass is 531 g/mol. The predicted molar refractivity (Wildman–Crippen MR) is 146 cm³/mol. The van der Waals surface area contributed by atoms with Crippen LogP contribution in [-0.4, -0.2) is 92.4 Å². The molecule has 2 aliphatic heterocycles. The summed E-state index contributed by atoms with van der Waals surface area (Å²) in [5.41, 5.74) is 2.98. The Morgan fingerprint density at radius 3 is 2.94 bits per heavy atom. The normalized spacial score (nSPS) is 19.3. The Labute approximate surface area is 216 Å². The lowest BCUT2D eigenvalue weighted by Crippen LogP contribution is -2.41. The number of aromatic amines is 1. The van der Waals surface area contributed by atoms with Crippen molar-refractivity contribution >= 4 is 56.1 Å². The summed E-state index contributed by atoms with van der Waals surface area (Å²) in [7, 11) is 1.36. The molecule has 4 heterocycles. The van der Waals surface area contributed by atoms with Crippen LogP contribution in [0.2, 0.25) is 0 Å². The number of ether oxygens (including phenoxy) is 1. The van der Waals surface area contributed by atoms with Crippen molar-refractivity contribution in [2.45, 2.75) is 10.3 Å². The lowest BCUT2D eigenvalue weighted by atomic mass is 10.2. The van der Waals surface area contributed by atoms with Crippen LogP contribution in [0.5, 0.6) is 5.75 Å². The molecule has 0 bridgehead atoms. The van der Waals surface area contributed by atoms with Crippen molar-refractivity contribution in [3.63, 3.8) is 0 Å². The van der Waals surface area contributed by atoms with E-state index in [2.05, 4.69) is 25.2 Å². The highest BCUT2D eigenvalue weighted by Gasteiger charge is 2.26. The van der Waals surface area contributed by atoms with Crippen molar-refractivity contribution in [2.24, 2.45) is 4.99 Å². The van der Waals surface area contributed by atoms with Crippen molar-refractivity contribution in [3.05, 3.63) is 48.3 Å². The molecule has 5 rings (SSSR count). The molecular weight excluding hydrogens is 502 g/mol. The Kier molecular flexibility index (Phi) is 7.98. The van der Waals surface area contributed by atoms with Crippen LogP contribution in [0.25, 0.3) is 10.9 Å². The zero-order valence-corrected chi connectivity index (χ0v) is 22.0. The van der Waals surface area contributed by atoms with Crippen LogP contribution in [0, 0.1) is 0 Å². The van der Waals surface area contributed by atoms with Gasteiger partial charge in [0.2, 0.25) is 0 Å². The first-order chi connectivity index (χ1) is 17.1. The van der Waals surface area contributed by atoms with E-state index in [-0.39, 0.29) is 13.2 Å². The van der Waals surface area contributed by atoms with Gasteiger partial charge >= 0.3 is 0 Å². The SMILES string of the molecule is CN(Sc1ccccn1)c1cc(OCCO)cc2cc(C3=NCC(CN4CCS(=O)CC4)S3)[nH]c12. The van der Waals surface area contributed by atoms with E-state index in [9.17, 15) is 9.32 Å². The molecular formula is C24H29N5O3S3. The van der Waals surface area contributed by atoms with Gasteiger partial charge in [0.25, 0.3) is 0 Å². The molecule has 1 fully saturated rings. The number of rotatable bonds is 9. The quantitative estimate of drug-likeness (QED) is 0.407. The van der Waals surface area contributed by atoms with E-state index in [0.29, 0.717) is 11.0 Å². The van der Waals surface area contributed by atoms with Crippen molar-refractivity contribution < 1.29 is 14.1 Å². The standard InChI is InChI=1S/C24H29N5O3S3/c1-28(34-22-4-2-3-5-25-22)21-14-18(32-9-8-30)12-17-13-20(27-23(17)21)24-26-15-19(33-24)16-29-6-10-35(31)11-7-29/h2-5,12-14,19,27,30H,6-11,15-16H2,1H3. The molecule has 0 spiro atoms. The van der Waals surface area contributed by atoms with Gasteiger partial charge in [0.15, 0.2) is 0 Å². The van der Waals surface area contributed by atoms with Gasteiger partial charge in [-0.2, -0.15) is 0 Å². The Morgan fingerprint density at radius 1 is 1.31 bits per heavy atom. The maximum Gasteiger partial charge on any atom is 0.122 e. The minimum Gasteiger partial charge on any atom is -0.491 e. The molecule has 2 aromatic heterocycles. The zero-order chi connectivity index (χ0) is 24.2. The van der Waals surface area contributed by atoms with Gasteiger partial charge in [-0.1, -0.05) is 17.8 Å². The van der Waals surface area contributed by atoms with Gasteiger partial charge in [0, 0.05) is 83.8 Å². The molecule has 8 nitrogen and oxygen atoms in total. The van der Waals surface area contributed by atoms with Gasteiger partial charge in [0.1, 0.15) is 22.4 Å². The van der Waals surface area contributed by atoms with E-state index in [0.717, 1.165) is 70.0 Å². The fourth-order valence-corrected chi connectivity index (χ4v) is 7.24. The molecule has 0 radical (unpaired) electrons. The highest BCUT2D eigenvalue weighted by molar-refractivity contribution is 8.15. The number of aliphatic hydroxyl groups excluding tert-OH is 1. The Morgan fingerprint density at radius 2 is 2.17 bits per heavy atom. The van der Waals surface area contributed by atoms with Crippen LogP contribution in [0.3, 0.4) is 0 Å². The Bertz CT molecular complexity index is 1210. The lowest BCUT2D eigenvalue weighted by molar-refractivity contribution is 0.201. The smallest absolute Gasteiger partial charge is 0.122 e. The number of nitrogens with zero attached hydrogens (tertiary/aromatic N) is 4. The molecule has 3 aromatic rings. The molecule has 0 amide bonds. The van der Waals surface area contributed by atoms with Crippen LogP contribution in [-0.2, 0) is 10.8 Å². The summed E-state index contributed by atoms with van der Waals surface area (Å²) in [6, 6.07) is 12.0. The van der Waals surface area contributed by atoms with E-state index in [1.54, 1.807) is 18.1 Å². The third-order valence-corrected chi connectivity index (χ3v) is 9.31. The second-order valence-electron chi connectivity index (χ2n) is 8.45. The summed E-state index contributed by atoms with van der Waals surface area (Å²) in [6.45, 7) is 3.79. The molecule has 0 saturated carbocycles. The maximum absolute atomic E-state index is 11.7. The summed E-state index contributed by atoms with van der Waals surface area (Å²) in [5, 5.41) is 12.6. The maximum atomic E-state index is 11.7. The number of fused-ring (bicyclic) bond motifs is 1. The molecule has 1 atom stereocenters. The largest absolute Gasteiger partial charge is 0.491 e. The highest BCUT2D eigenvalue weighted by Crippen LogP contribution is 2.37. The minimum atomic E-state index is -0.650. The summed E-state index contributed by atoms with van der Waals surface area (Å²) < 4.78 is 19.5. The van der Waals surface area contributed by atoms with Gasteiger partial charge in [-0.3, -0.25) is 9.20 Å². The molecule has 2 N–H and O–H groups in total. The van der Waals surface area contributed by atoms with E-state index in [1.165, 1.54) is 0 Å². The van der Waals surface area contributed by atoms with Gasteiger partial charge in [-0.05, 0) is 24.3 Å². The fourth-order valence-electron chi connectivity index (χ4n) is 4.21. The first kappa shape index (κ1) is 24.6. The Balaban J connectivity index is 1.36. The number of hydrogen-bond acceptors (Lipinski definition) is 9. The summed E-state index contributed by atoms with van der Waals surface area (Å²) >= 11 is 3.36. The number of thioether (sulfide) groups is 1. The first-order valence-corrected chi connectivity index (χ1v) is 14.7. The van der Waals surface area contributed by atoms with Crippen LogP contribution in [0.1, 0.15) is 5.69 Å². The molecule has 1 aromatic carbocycles. The van der Waals surface area contributed by atoms with E-state index in [4.69, 9.17) is 9.73 Å². The molecule has 1 saturated heterocycles. The molecule has 35 heavy (non-hydrogen) atoms. The molecule has 11 heteroatoms. The lowest BCUT2D eigenvalue weighted by Gasteiger charge is -2.27. The van der Waals surface area contributed by atoms with Crippen LogP contribution in [0.15, 0.2) is 52.6 Å². The molecule has 0 aliphatic carbocycles. The number of nitrogens with one attached hydrogen (secondary N) is 1. The van der Waals surface area contributed by atoms with E-state index < -0.39 is 10.8 Å². The summed E-state index contributed by atoms with van der Waals surface area (Å²) in [5.74, 6) is 2.27. The first-order valence-electron chi connectivity index (χ1n) is 11.6. The van der Waals surface area contributed by atoms with Crippen LogP contribution >= 0.6 is 23.7 Å². The molecule has 1 unspecified atom stereocenters. The van der Waals surface area contributed by atoms with Gasteiger partial charge in [0.05, 0.1) is 30.0 Å². The van der Waals surface area contributed by atoms with Gasteiger partial charge in [-0.15, -0.1) is 0 Å². The predicted octanol–water partition coefficient (Wildman–Crippen LogP) is 3.00. The van der Waals surface area contributed by atoms with E-state index >= 15 is 0 Å². The topological polar surface area (TPSA) is 94.1 Å². The molecule has 2 aliphatic rings. The number of aromatic nitrogens is 2. The number of aliphatic hydroxyl groups is 1. The second-order valence-corrected chi connectivity index (χ2v) is 12.6. The zero-order valence-electron chi connectivity index (χ0n) is 19.6. The van der Waals surface area contributed by atoms with Crippen LogP contribution < -0.4 is 9.04 Å². The average molecular weight is 532 g/mol. The second kappa shape index (κ2) is 11.3. The van der Waals surface area contributed by atoms with Crippen LogP contribution in [0.4, 0.5) is 5.69 Å². The van der Waals surface area contributed by atoms with Gasteiger partial charge < -0.3 is 24.0 Å². The van der Waals surface area contributed by atoms with Crippen molar-refractivity contribution in [3.8, 4) is 5.75 Å². The number of H-pyrrole nitrogens is 1. The molecule has 186 valence electrons. The van der Waals surface area contributed by atoms with Crippen molar-refractivity contribution in [2.75, 3.05) is 62.3 Å². The summed E-state index contributed by atoms with van der Waals surface area (Å²) in [6.07, 6.45) is 1.79. The van der Waals surface area contributed by atoms with Crippen molar-refractivity contribution in [1.82, 2.24) is 14.9 Å². The number of benzene rings is 1. The Hall–Kier alpha value is -2.05. The third kappa shape index (κ3) is 6.03. The number of aliphatic imine (C=N–C) groups is 1. The third-order valence-electron chi connectivity index (χ3n) is 5.93. The highest BCUT2D eigenvalue weighted by atomic mass is 32.2. The van der Waals surface area contributed by atoms with Gasteiger partial charge in [-0.25, -0.2) is 4.98 Å². The van der Waals surface area contributed by atoms with E-state index in [1.807, 2.05) is 49.1 Å². The average Bonchev–Trinajstić information content (AvgIpc) is 3.51. The van der Waals surface area contributed by atoms with Crippen molar-refractivity contribution in [1.29, 1.82) is 0 Å². The fraction of sp³-hybridized carbons (Fsp3) is 0.417.